The van der Waals surface area contributed by atoms with Crippen molar-refractivity contribution in [1.29, 1.82) is 0 Å². The summed E-state index contributed by atoms with van der Waals surface area (Å²) in [6.45, 7) is 6.72. The number of anilines is 2. The summed E-state index contributed by atoms with van der Waals surface area (Å²) in [6, 6.07) is 28.4. The van der Waals surface area contributed by atoms with Gasteiger partial charge in [-0.15, -0.1) is 0 Å². The van der Waals surface area contributed by atoms with Crippen LogP contribution in [0.25, 0.3) is 0 Å². The van der Waals surface area contributed by atoms with Crippen molar-refractivity contribution in [3.8, 4) is 23.0 Å². The Morgan fingerprint density at radius 1 is 0.579 bits per heavy atom. The molecule has 0 aliphatic carbocycles. The Balaban J connectivity index is 1.60. The SMILES string of the molecule is CCCCc1cc(C(C)c2ccc(Oc3ccc(N)cc3)c(CCCC)c2)ccc1Oc1ccc(N)cc1. The van der Waals surface area contributed by atoms with E-state index in [0.29, 0.717) is 0 Å². The molecule has 0 amide bonds. The van der Waals surface area contributed by atoms with E-state index in [-0.39, 0.29) is 5.92 Å². The molecule has 198 valence electrons. The molecule has 0 unspecified atom stereocenters. The lowest BCUT2D eigenvalue weighted by molar-refractivity contribution is 0.474. The average molecular weight is 509 g/mol. The highest BCUT2D eigenvalue weighted by molar-refractivity contribution is 5.49. The van der Waals surface area contributed by atoms with Crippen molar-refractivity contribution < 1.29 is 9.47 Å². The van der Waals surface area contributed by atoms with E-state index in [2.05, 4.69) is 57.2 Å². The summed E-state index contributed by atoms with van der Waals surface area (Å²) in [7, 11) is 0. The fourth-order valence-electron chi connectivity index (χ4n) is 4.58. The Kier molecular flexibility index (Phi) is 9.31. The molecule has 0 aliphatic rings. The fourth-order valence-corrected chi connectivity index (χ4v) is 4.58. The van der Waals surface area contributed by atoms with E-state index in [0.717, 1.165) is 72.9 Å². The van der Waals surface area contributed by atoms with Crippen LogP contribution in [0.2, 0.25) is 0 Å². The molecule has 4 N–H and O–H groups in total. The minimum absolute atomic E-state index is 0.243. The molecule has 38 heavy (non-hydrogen) atoms. The summed E-state index contributed by atoms with van der Waals surface area (Å²) >= 11 is 0. The Morgan fingerprint density at radius 3 is 1.34 bits per heavy atom. The first kappa shape index (κ1) is 27.1. The first-order chi connectivity index (χ1) is 18.5. The molecule has 0 saturated carbocycles. The summed E-state index contributed by atoms with van der Waals surface area (Å²) < 4.78 is 12.5. The number of benzene rings is 4. The van der Waals surface area contributed by atoms with Gasteiger partial charge in [-0.05, 0) is 109 Å². The van der Waals surface area contributed by atoms with Gasteiger partial charge in [0.05, 0.1) is 0 Å². The average Bonchev–Trinajstić information content (AvgIpc) is 2.94. The Hall–Kier alpha value is -3.92. The van der Waals surface area contributed by atoms with Gasteiger partial charge >= 0.3 is 0 Å². The second-order valence-electron chi connectivity index (χ2n) is 10.0. The molecule has 4 rings (SSSR count). The van der Waals surface area contributed by atoms with Crippen molar-refractivity contribution in [2.75, 3.05) is 11.5 Å². The summed E-state index contributed by atoms with van der Waals surface area (Å²) in [5.41, 5.74) is 18.2. The van der Waals surface area contributed by atoms with Gasteiger partial charge in [-0.1, -0.05) is 57.9 Å². The summed E-state index contributed by atoms with van der Waals surface area (Å²) in [4.78, 5) is 0. The van der Waals surface area contributed by atoms with Crippen molar-refractivity contribution in [1.82, 2.24) is 0 Å². The largest absolute Gasteiger partial charge is 0.457 e. The summed E-state index contributed by atoms with van der Waals surface area (Å²) in [5.74, 6) is 3.67. The second kappa shape index (κ2) is 13.0. The first-order valence-corrected chi connectivity index (χ1v) is 13.8. The molecular formula is C34H40N2O2. The van der Waals surface area contributed by atoms with Crippen LogP contribution in [0.5, 0.6) is 23.0 Å². The highest BCUT2D eigenvalue weighted by atomic mass is 16.5. The maximum atomic E-state index is 6.27. The number of rotatable bonds is 12. The van der Waals surface area contributed by atoms with Gasteiger partial charge in [0.1, 0.15) is 23.0 Å². The van der Waals surface area contributed by atoms with E-state index < -0.39 is 0 Å². The molecule has 0 bridgehead atoms. The van der Waals surface area contributed by atoms with Gasteiger partial charge in [-0.3, -0.25) is 0 Å². The van der Waals surface area contributed by atoms with Gasteiger partial charge < -0.3 is 20.9 Å². The third kappa shape index (κ3) is 7.10. The molecular weight excluding hydrogens is 468 g/mol. The molecule has 4 aromatic rings. The molecule has 4 heteroatoms. The molecule has 0 atom stereocenters. The molecule has 4 aromatic carbocycles. The first-order valence-electron chi connectivity index (χ1n) is 13.8. The quantitative estimate of drug-likeness (QED) is 0.187. The number of hydrogen-bond donors (Lipinski definition) is 2. The highest BCUT2D eigenvalue weighted by Crippen LogP contribution is 2.35. The van der Waals surface area contributed by atoms with Gasteiger partial charge in [-0.2, -0.15) is 0 Å². The van der Waals surface area contributed by atoms with Crippen LogP contribution in [0.1, 0.15) is 74.6 Å². The Labute approximate surface area is 227 Å². The fraction of sp³-hybridized carbons (Fsp3) is 0.294. The maximum absolute atomic E-state index is 6.27. The number of hydrogen-bond acceptors (Lipinski definition) is 4. The van der Waals surface area contributed by atoms with Crippen LogP contribution >= 0.6 is 0 Å². The van der Waals surface area contributed by atoms with E-state index in [1.807, 2.05) is 48.5 Å². The van der Waals surface area contributed by atoms with Crippen LogP contribution in [-0.2, 0) is 12.8 Å². The van der Waals surface area contributed by atoms with Crippen LogP contribution in [0.15, 0.2) is 84.9 Å². The normalized spacial score (nSPS) is 11.1. The molecule has 0 saturated heterocycles. The van der Waals surface area contributed by atoms with Crippen molar-refractivity contribution in [3.63, 3.8) is 0 Å². The third-order valence-electron chi connectivity index (χ3n) is 6.98. The zero-order valence-corrected chi connectivity index (χ0v) is 22.9. The molecule has 0 radical (unpaired) electrons. The maximum Gasteiger partial charge on any atom is 0.130 e. The monoisotopic (exact) mass is 508 g/mol. The van der Waals surface area contributed by atoms with Crippen molar-refractivity contribution in [2.24, 2.45) is 0 Å². The highest BCUT2D eigenvalue weighted by Gasteiger charge is 2.15. The zero-order valence-electron chi connectivity index (χ0n) is 22.9. The third-order valence-corrected chi connectivity index (χ3v) is 6.98. The molecule has 0 aliphatic heterocycles. The van der Waals surface area contributed by atoms with Gasteiger partial charge in [0.15, 0.2) is 0 Å². The second-order valence-corrected chi connectivity index (χ2v) is 10.0. The number of aryl methyl sites for hydroxylation is 2. The van der Waals surface area contributed by atoms with E-state index in [1.165, 1.54) is 22.3 Å². The number of nitrogen functional groups attached to an aromatic ring is 2. The molecule has 0 spiro atoms. The lowest BCUT2D eigenvalue weighted by Crippen LogP contribution is -2.02. The Morgan fingerprint density at radius 2 is 0.974 bits per heavy atom. The van der Waals surface area contributed by atoms with Crippen LogP contribution < -0.4 is 20.9 Å². The number of nitrogens with two attached hydrogens (primary N) is 2. The van der Waals surface area contributed by atoms with Crippen LogP contribution in [-0.4, -0.2) is 0 Å². The van der Waals surface area contributed by atoms with Crippen LogP contribution in [0.3, 0.4) is 0 Å². The number of unbranched alkanes of at least 4 members (excludes halogenated alkanes) is 2. The number of ether oxygens (including phenoxy) is 2. The van der Waals surface area contributed by atoms with E-state index >= 15 is 0 Å². The van der Waals surface area contributed by atoms with Gasteiger partial charge in [0, 0.05) is 17.3 Å². The van der Waals surface area contributed by atoms with Crippen molar-refractivity contribution in [3.05, 3.63) is 107 Å². The van der Waals surface area contributed by atoms with Crippen molar-refractivity contribution >= 4 is 11.4 Å². The van der Waals surface area contributed by atoms with Crippen LogP contribution in [0, 0.1) is 0 Å². The van der Waals surface area contributed by atoms with E-state index in [1.54, 1.807) is 0 Å². The minimum Gasteiger partial charge on any atom is -0.457 e. The van der Waals surface area contributed by atoms with Gasteiger partial charge in [0.25, 0.3) is 0 Å². The van der Waals surface area contributed by atoms with Gasteiger partial charge in [-0.25, -0.2) is 0 Å². The summed E-state index contributed by atoms with van der Waals surface area (Å²) in [6.07, 6.45) is 6.48. The smallest absolute Gasteiger partial charge is 0.130 e. The lowest BCUT2D eigenvalue weighted by Gasteiger charge is -2.19. The van der Waals surface area contributed by atoms with Gasteiger partial charge in [0.2, 0.25) is 0 Å². The topological polar surface area (TPSA) is 70.5 Å². The van der Waals surface area contributed by atoms with Crippen molar-refractivity contribution in [2.45, 2.75) is 65.2 Å². The van der Waals surface area contributed by atoms with E-state index in [9.17, 15) is 0 Å². The lowest BCUT2D eigenvalue weighted by atomic mass is 9.89. The molecule has 0 fully saturated rings. The standard InChI is InChI=1S/C34H40N2O2/c1-4-6-8-27-22-25(10-20-33(27)37-31-16-12-29(35)13-17-31)24(3)26-11-21-34(28(23-26)9-7-5-2)38-32-18-14-30(36)15-19-32/h10-24H,4-9,35-36H2,1-3H3. The predicted molar refractivity (Wildman–Crippen MR) is 159 cm³/mol. The Bertz CT molecular complexity index is 1210. The molecule has 0 heterocycles. The molecule has 0 aromatic heterocycles. The minimum atomic E-state index is 0.243. The molecule has 4 nitrogen and oxygen atoms in total. The summed E-state index contributed by atoms with van der Waals surface area (Å²) in [5, 5.41) is 0. The van der Waals surface area contributed by atoms with Crippen LogP contribution in [0.4, 0.5) is 11.4 Å². The van der Waals surface area contributed by atoms with E-state index in [4.69, 9.17) is 20.9 Å². The predicted octanol–water partition coefficient (Wildman–Crippen LogP) is 9.27. The zero-order chi connectivity index (χ0) is 26.9.